The number of nitrogens with zero attached hydrogens (tertiary/aromatic N) is 1. The summed E-state index contributed by atoms with van der Waals surface area (Å²) in [7, 11) is 0. The van der Waals surface area contributed by atoms with Crippen LogP contribution in [0.25, 0.3) is 10.9 Å². The minimum atomic E-state index is -0.751. The first-order valence-corrected chi connectivity index (χ1v) is 6.54. The Balaban J connectivity index is 2.07. The number of benzene rings is 2. The van der Waals surface area contributed by atoms with Gasteiger partial charge in [0.05, 0.1) is 5.52 Å². The Bertz CT molecular complexity index is 830. The van der Waals surface area contributed by atoms with E-state index in [1.807, 2.05) is 32.0 Å². The third-order valence-corrected chi connectivity index (χ3v) is 3.33. The predicted octanol–water partition coefficient (Wildman–Crippen LogP) is 4.92. The lowest BCUT2D eigenvalue weighted by Gasteiger charge is -2.10. The summed E-state index contributed by atoms with van der Waals surface area (Å²) in [6.45, 7) is 3.90. The van der Waals surface area contributed by atoms with Crippen molar-refractivity contribution in [3.63, 3.8) is 0 Å². The van der Waals surface area contributed by atoms with Gasteiger partial charge in [0.15, 0.2) is 11.6 Å². The van der Waals surface area contributed by atoms with E-state index in [1.165, 1.54) is 6.07 Å². The zero-order valence-electron chi connectivity index (χ0n) is 11.7. The summed E-state index contributed by atoms with van der Waals surface area (Å²) in [6, 6.07) is 10.8. The lowest BCUT2D eigenvalue weighted by Crippen LogP contribution is -1.94. The fourth-order valence-electron chi connectivity index (χ4n) is 2.25. The van der Waals surface area contributed by atoms with Crippen molar-refractivity contribution in [1.29, 1.82) is 0 Å². The molecule has 3 aromatic rings. The molecule has 4 heteroatoms. The molecule has 0 amide bonds. The molecule has 2 nitrogen and oxygen atoms in total. The number of fused-ring (bicyclic) bond motifs is 1. The molecular formula is C17H13F2NO. The summed E-state index contributed by atoms with van der Waals surface area (Å²) in [6.07, 6.45) is 0. The predicted molar refractivity (Wildman–Crippen MR) is 77.6 cm³/mol. The average Bonchev–Trinajstić information content (AvgIpc) is 2.43. The third-order valence-electron chi connectivity index (χ3n) is 3.33. The molecule has 1 aromatic heterocycles. The standard InChI is InChI=1S/C17H13F2NO/c1-10-4-3-5-13-11(2)8-16(20-17(10)13)21-15-7-6-12(18)9-14(15)19/h3-9H,1-2H3. The maximum atomic E-state index is 13.6. The number of rotatable bonds is 2. The van der Waals surface area contributed by atoms with Crippen molar-refractivity contribution < 1.29 is 13.5 Å². The van der Waals surface area contributed by atoms with E-state index < -0.39 is 11.6 Å². The molecule has 21 heavy (non-hydrogen) atoms. The SMILES string of the molecule is Cc1cc(Oc2ccc(F)cc2F)nc2c(C)cccc12. The van der Waals surface area contributed by atoms with Crippen LogP contribution < -0.4 is 4.74 Å². The molecule has 0 radical (unpaired) electrons. The van der Waals surface area contributed by atoms with Crippen LogP contribution in [0.15, 0.2) is 42.5 Å². The molecule has 106 valence electrons. The summed E-state index contributed by atoms with van der Waals surface area (Å²) in [5.74, 6) is -1.14. The van der Waals surface area contributed by atoms with Gasteiger partial charge in [0.25, 0.3) is 0 Å². The third kappa shape index (κ3) is 2.57. The van der Waals surface area contributed by atoms with E-state index in [-0.39, 0.29) is 5.75 Å². The van der Waals surface area contributed by atoms with E-state index >= 15 is 0 Å². The largest absolute Gasteiger partial charge is 0.436 e. The van der Waals surface area contributed by atoms with Gasteiger partial charge in [-0.05, 0) is 37.1 Å². The van der Waals surface area contributed by atoms with Crippen molar-refractivity contribution in [3.05, 3.63) is 65.2 Å². The van der Waals surface area contributed by atoms with Crippen molar-refractivity contribution in [3.8, 4) is 11.6 Å². The van der Waals surface area contributed by atoms with E-state index in [0.717, 1.165) is 34.2 Å². The van der Waals surface area contributed by atoms with Crippen molar-refractivity contribution in [2.24, 2.45) is 0 Å². The number of pyridine rings is 1. The molecule has 0 saturated heterocycles. The molecule has 0 aliphatic carbocycles. The van der Waals surface area contributed by atoms with Gasteiger partial charge in [-0.3, -0.25) is 0 Å². The van der Waals surface area contributed by atoms with Crippen molar-refractivity contribution in [2.75, 3.05) is 0 Å². The number of para-hydroxylation sites is 1. The summed E-state index contributed by atoms with van der Waals surface area (Å²) >= 11 is 0. The Morgan fingerprint density at radius 1 is 0.952 bits per heavy atom. The fraction of sp³-hybridized carbons (Fsp3) is 0.118. The van der Waals surface area contributed by atoms with Gasteiger partial charge in [0.2, 0.25) is 5.88 Å². The highest BCUT2D eigenvalue weighted by atomic mass is 19.1. The average molecular weight is 285 g/mol. The number of hydrogen-bond acceptors (Lipinski definition) is 2. The van der Waals surface area contributed by atoms with Crippen LogP contribution in [0.2, 0.25) is 0 Å². The fourth-order valence-corrected chi connectivity index (χ4v) is 2.25. The minimum absolute atomic E-state index is 0.0452. The molecule has 0 fully saturated rings. The smallest absolute Gasteiger partial charge is 0.220 e. The maximum Gasteiger partial charge on any atom is 0.220 e. The molecule has 2 aromatic carbocycles. The number of hydrogen-bond donors (Lipinski definition) is 0. The van der Waals surface area contributed by atoms with Crippen LogP contribution in [0.1, 0.15) is 11.1 Å². The Labute approximate surface area is 121 Å². The van der Waals surface area contributed by atoms with E-state index in [9.17, 15) is 8.78 Å². The highest BCUT2D eigenvalue weighted by Crippen LogP contribution is 2.28. The number of halogens is 2. The molecule has 1 heterocycles. The number of aromatic nitrogens is 1. The second kappa shape index (κ2) is 5.13. The monoisotopic (exact) mass is 285 g/mol. The van der Waals surface area contributed by atoms with Gasteiger partial charge in [-0.1, -0.05) is 18.2 Å². The van der Waals surface area contributed by atoms with E-state index in [1.54, 1.807) is 6.07 Å². The second-order valence-corrected chi connectivity index (χ2v) is 4.93. The molecule has 0 spiro atoms. The van der Waals surface area contributed by atoms with Gasteiger partial charge in [-0.25, -0.2) is 13.8 Å². The van der Waals surface area contributed by atoms with Gasteiger partial charge in [-0.15, -0.1) is 0 Å². The van der Waals surface area contributed by atoms with Crippen molar-refractivity contribution in [1.82, 2.24) is 4.98 Å². The molecular weight excluding hydrogens is 272 g/mol. The molecule has 0 aliphatic rings. The highest BCUT2D eigenvalue weighted by Gasteiger charge is 2.10. The van der Waals surface area contributed by atoms with Gasteiger partial charge < -0.3 is 4.74 Å². The minimum Gasteiger partial charge on any atom is -0.436 e. The first kappa shape index (κ1) is 13.5. The number of aryl methyl sites for hydroxylation is 2. The zero-order valence-corrected chi connectivity index (χ0v) is 11.7. The second-order valence-electron chi connectivity index (χ2n) is 4.93. The molecule has 0 bridgehead atoms. The van der Waals surface area contributed by atoms with Crippen LogP contribution >= 0.6 is 0 Å². The van der Waals surface area contributed by atoms with Crippen LogP contribution in [-0.2, 0) is 0 Å². The zero-order chi connectivity index (χ0) is 15.0. The van der Waals surface area contributed by atoms with Gasteiger partial charge in [0.1, 0.15) is 5.82 Å². The first-order chi connectivity index (χ1) is 10.0. The van der Waals surface area contributed by atoms with Gasteiger partial charge in [0, 0.05) is 17.5 Å². The van der Waals surface area contributed by atoms with Crippen LogP contribution in [0.4, 0.5) is 8.78 Å². The molecule has 0 unspecified atom stereocenters. The lowest BCUT2D eigenvalue weighted by molar-refractivity contribution is 0.425. The van der Waals surface area contributed by atoms with Crippen LogP contribution in [0.5, 0.6) is 11.6 Å². The summed E-state index contributed by atoms with van der Waals surface area (Å²) in [4.78, 5) is 4.41. The molecule has 3 rings (SSSR count). The van der Waals surface area contributed by atoms with E-state index in [0.29, 0.717) is 5.88 Å². The lowest BCUT2D eigenvalue weighted by atomic mass is 10.1. The quantitative estimate of drug-likeness (QED) is 0.666. The van der Waals surface area contributed by atoms with Crippen molar-refractivity contribution >= 4 is 10.9 Å². The Hall–Kier alpha value is -2.49. The van der Waals surface area contributed by atoms with Gasteiger partial charge in [-0.2, -0.15) is 0 Å². The summed E-state index contributed by atoms with van der Waals surface area (Å²) < 4.78 is 32.0. The van der Waals surface area contributed by atoms with E-state index in [4.69, 9.17) is 4.74 Å². The van der Waals surface area contributed by atoms with Crippen LogP contribution in [-0.4, -0.2) is 4.98 Å². The highest BCUT2D eigenvalue weighted by molar-refractivity contribution is 5.85. The maximum absolute atomic E-state index is 13.6. The molecule has 0 saturated carbocycles. The Morgan fingerprint density at radius 3 is 2.52 bits per heavy atom. The topological polar surface area (TPSA) is 22.1 Å². The molecule has 0 N–H and O–H groups in total. The van der Waals surface area contributed by atoms with E-state index in [2.05, 4.69) is 4.98 Å². The first-order valence-electron chi connectivity index (χ1n) is 6.54. The van der Waals surface area contributed by atoms with Crippen LogP contribution in [0, 0.1) is 25.5 Å². The number of ether oxygens (including phenoxy) is 1. The van der Waals surface area contributed by atoms with Crippen LogP contribution in [0.3, 0.4) is 0 Å². The Morgan fingerprint density at radius 2 is 1.76 bits per heavy atom. The van der Waals surface area contributed by atoms with Gasteiger partial charge >= 0.3 is 0 Å². The normalized spacial score (nSPS) is 10.9. The summed E-state index contributed by atoms with van der Waals surface area (Å²) in [5, 5.41) is 1.03. The Kier molecular flexibility index (Phi) is 3.29. The molecule has 0 aliphatic heterocycles. The van der Waals surface area contributed by atoms with Crippen molar-refractivity contribution in [2.45, 2.75) is 13.8 Å². The molecule has 0 atom stereocenters. The summed E-state index contributed by atoms with van der Waals surface area (Å²) in [5.41, 5.74) is 2.82.